The summed E-state index contributed by atoms with van der Waals surface area (Å²) in [5.74, 6) is 0.573. The highest BCUT2D eigenvalue weighted by molar-refractivity contribution is 7.92. The molecule has 0 atom stereocenters. The lowest BCUT2D eigenvalue weighted by Crippen LogP contribution is -2.39. The number of hydrogen-bond donors (Lipinski definition) is 1. The fourth-order valence-corrected chi connectivity index (χ4v) is 4.83. The lowest BCUT2D eigenvalue weighted by atomic mass is 10.2. The van der Waals surface area contributed by atoms with E-state index in [-0.39, 0.29) is 10.6 Å². The van der Waals surface area contributed by atoms with E-state index >= 15 is 0 Å². The Hall–Kier alpha value is -3.56. The van der Waals surface area contributed by atoms with Crippen LogP contribution in [-0.2, 0) is 14.8 Å². The third-order valence-electron chi connectivity index (χ3n) is 4.85. The second kappa shape index (κ2) is 12.9. The van der Waals surface area contributed by atoms with Gasteiger partial charge in [0.2, 0.25) is 0 Å². The normalized spacial score (nSPS) is 11.3. The molecule has 0 radical (unpaired) electrons. The lowest BCUT2D eigenvalue weighted by Gasteiger charge is -2.23. The first-order valence-electron chi connectivity index (χ1n) is 11.4. The SMILES string of the molecule is CCCOc1ccc(/C=N\NC(=O)CN(c2cccc(Cl)c2)S(=O)(=O)c2ccccc2)cc1OCC. The number of benzene rings is 3. The Kier molecular flexibility index (Phi) is 9.72. The topological polar surface area (TPSA) is 97.3 Å². The molecular formula is C26H28ClN3O5S. The summed E-state index contributed by atoms with van der Waals surface area (Å²) in [6.07, 6.45) is 2.31. The Labute approximate surface area is 216 Å². The maximum Gasteiger partial charge on any atom is 0.264 e. The van der Waals surface area contributed by atoms with Crippen molar-refractivity contribution in [2.75, 3.05) is 24.1 Å². The number of carbonyl (C=O) groups is 1. The molecule has 0 aromatic heterocycles. The van der Waals surface area contributed by atoms with Crippen molar-refractivity contribution < 1.29 is 22.7 Å². The minimum absolute atomic E-state index is 0.0510. The fraction of sp³-hybridized carbons (Fsp3) is 0.231. The number of sulfonamides is 1. The Morgan fingerprint density at radius 3 is 2.47 bits per heavy atom. The zero-order valence-corrected chi connectivity index (χ0v) is 21.6. The zero-order valence-electron chi connectivity index (χ0n) is 20.1. The molecule has 0 unspecified atom stereocenters. The third-order valence-corrected chi connectivity index (χ3v) is 6.87. The van der Waals surface area contributed by atoms with Crippen LogP contribution in [0.15, 0.2) is 82.8 Å². The van der Waals surface area contributed by atoms with Crippen LogP contribution >= 0.6 is 11.6 Å². The molecule has 0 saturated heterocycles. The molecule has 0 fully saturated rings. The highest BCUT2D eigenvalue weighted by Crippen LogP contribution is 2.28. The van der Waals surface area contributed by atoms with Crippen LogP contribution in [0.2, 0.25) is 5.02 Å². The zero-order chi connectivity index (χ0) is 26.0. The van der Waals surface area contributed by atoms with Gasteiger partial charge in [-0.1, -0.05) is 42.8 Å². The molecule has 1 amide bonds. The Balaban J connectivity index is 1.77. The van der Waals surface area contributed by atoms with Crippen LogP contribution in [0, 0.1) is 0 Å². The Bertz CT molecular complexity index is 1300. The third kappa shape index (κ3) is 7.22. The van der Waals surface area contributed by atoms with Gasteiger partial charge in [0.05, 0.1) is 30.0 Å². The highest BCUT2D eigenvalue weighted by atomic mass is 35.5. The van der Waals surface area contributed by atoms with E-state index in [1.807, 2.05) is 13.8 Å². The van der Waals surface area contributed by atoms with Crippen LogP contribution in [0.3, 0.4) is 0 Å². The predicted molar refractivity (Wildman–Crippen MR) is 142 cm³/mol. The van der Waals surface area contributed by atoms with Gasteiger partial charge >= 0.3 is 0 Å². The second-order valence-corrected chi connectivity index (χ2v) is 9.88. The summed E-state index contributed by atoms with van der Waals surface area (Å²) >= 11 is 6.08. The lowest BCUT2D eigenvalue weighted by molar-refractivity contribution is -0.119. The molecule has 0 bridgehead atoms. The number of nitrogens with zero attached hydrogens (tertiary/aromatic N) is 2. The summed E-state index contributed by atoms with van der Waals surface area (Å²) in [7, 11) is -4.04. The van der Waals surface area contributed by atoms with E-state index in [0.717, 1.165) is 10.7 Å². The van der Waals surface area contributed by atoms with Crippen molar-refractivity contribution >= 4 is 39.4 Å². The van der Waals surface area contributed by atoms with Crippen LogP contribution in [0.25, 0.3) is 0 Å². The van der Waals surface area contributed by atoms with E-state index in [1.54, 1.807) is 54.6 Å². The van der Waals surface area contributed by atoms with Crippen molar-refractivity contribution in [2.24, 2.45) is 5.10 Å². The van der Waals surface area contributed by atoms with Crippen LogP contribution < -0.4 is 19.2 Å². The van der Waals surface area contributed by atoms with Gasteiger partial charge in [-0.3, -0.25) is 9.10 Å². The smallest absolute Gasteiger partial charge is 0.264 e. The van der Waals surface area contributed by atoms with Gasteiger partial charge in [0.15, 0.2) is 11.5 Å². The quantitative estimate of drug-likeness (QED) is 0.266. The monoisotopic (exact) mass is 529 g/mol. The number of hydrogen-bond acceptors (Lipinski definition) is 6. The first kappa shape index (κ1) is 27.0. The molecule has 0 aliphatic rings. The molecule has 0 saturated carbocycles. The van der Waals surface area contributed by atoms with Gasteiger partial charge in [-0.05, 0) is 67.4 Å². The average Bonchev–Trinajstić information content (AvgIpc) is 2.87. The Morgan fingerprint density at radius 2 is 1.78 bits per heavy atom. The van der Waals surface area contributed by atoms with E-state index in [4.69, 9.17) is 21.1 Å². The van der Waals surface area contributed by atoms with Gasteiger partial charge in [0, 0.05) is 5.02 Å². The summed E-state index contributed by atoms with van der Waals surface area (Å²) in [6.45, 7) is 4.43. The summed E-state index contributed by atoms with van der Waals surface area (Å²) in [6, 6.07) is 19.5. The molecule has 8 nitrogen and oxygen atoms in total. The molecule has 3 rings (SSSR count). The van der Waals surface area contributed by atoms with Crippen LogP contribution in [0.4, 0.5) is 5.69 Å². The molecule has 0 heterocycles. The molecular weight excluding hydrogens is 502 g/mol. The van der Waals surface area contributed by atoms with Crippen LogP contribution in [0.5, 0.6) is 11.5 Å². The van der Waals surface area contributed by atoms with Crippen LogP contribution in [-0.4, -0.2) is 40.3 Å². The van der Waals surface area contributed by atoms with E-state index in [9.17, 15) is 13.2 Å². The van der Waals surface area contributed by atoms with Gasteiger partial charge < -0.3 is 9.47 Å². The van der Waals surface area contributed by atoms with Crippen molar-refractivity contribution in [3.05, 3.63) is 83.4 Å². The standard InChI is InChI=1S/C26H28ClN3O5S/c1-3-15-35-24-14-13-20(16-25(24)34-4-2)18-28-29-26(31)19-30(22-10-8-9-21(27)17-22)36(32,33)23-11-6-5-7-12-23/h5-14,16-18H,3-4,15,19H2,1-2H3,(H,29,31)/b28-18-. The number of hydrazone groups is 1. The van der Waals surface area contributed by atoms with Crippen molar-refractivity contribution in [1.82, 2.24) is 5.43 Å². The van der Waals surface area contributed by atoms with Gasteiger partial charge in [-0.25, -0.2) is 13.8 Å². The molecule has 10 heteroatoms. The molecule has 0 aliphatic carbocycles. The summed E-state index contributed by atoms with van der Waals surface area (Å²) < 4.78 is 39.0. The number of halogens is 1. The van der Waals surface area contributed by atoms with Crippen molar-refractivity contribution in [3.8, 4) is 11.5 Å². The van der Waals surface area contributed by atoms with Gasteiger partial charge in [-0.2, -0.15) is 5.10 Å². The van der Waals surface area contributed by atoms with E-state index in [1.165, 1.54) is 24.4 Å². The number of amides is 1. The van der Waals surface area contributed by atoms with Crippen LogP contribution in [0.1, 0.15) is 25.8 Å². The molecule has 36 heavy (non-hydrogen) atoms. The summed E-state index contributed by atoms with van der Waals surface area (Å²) in [4.78, 5) is 12.8. The minimum atomic E-state index is -4.04. The summed E-state index contributed by atoms with van der Waals surface area (Å²) in [5, 5.41) is 4.33. The van der Waals surface area contributed by atoms with E-state index < -0.39 is 22.5 Å². The average molecular weight is 530 g/mol. The molecule has 1 N–H and O–H groups in total. The first-order chi connectivity index (χ1) is 17.3. The molecule has 3 aromatic rings. The van der Waals surface area contributed by atoms with Gasteiger partial charge in [-0.15, -0.1) is 0 Å². The van der Waals surface area contributed by atoms with Crippen molar-refractivity contribution in [1.29, 1.82) is 0 Å². The second-order valence-electron chi connectivity index (χ2n) is 7.59. The first-order valence-corrected chi connectivity index (χ1v) is 13.2. The number of ether oxygens (including phenoxy) is 2. The number of carbonyl (C=O) groups excluding carboxylic acids is 1. The van der Waals surface area contributed by atoms with Gasteiger partial charge in [0.1, 0.15) is 6.54 Å². The van der Waals surface area contributed by atoms with Gasteiger partial charge in [0.25, 0.3) is 15.9 Å². The highest BCUT2D eigenvalue weighted by Gasteiger charge is 2.27. The molecule has 0 aliphatic heterocycles. The predicted octanol–water partition coefficient (Wildman–Crippen LogP) is 4.87. The minimum Gasteiger partial charge on any atom is -0.490 e. The summed E-state index contributed by atoms with van der Waals surface area (Å²) in [5.41, 5.74) is 3.32. The maximum atomic E-state index is 13.3. The number of nitrogens with one attached hydrogen (secondary N) is 1. The van der Waals surface area contributed by atoms with Crippen molar-refractivity contribution in [3.63, 3.8) is 0 Å². The molecule has 0 spiro atoms. The largest absolute Gasteiger partial charge is 0.490 e. The van der Waals surface area contributed by atoms with Crippen molar-refractivity contribution in [2.45, 2.75) is 25.2 Å². The number of rotatable bonds is 12. The number of anilines is 1. The molecule has 190 valence electrons. The Morgan fingerprint density at radius 1 is 1.00 bits per heavy atom. The molecule has 3 aromatic carbocycles. The van der Waals surface area contributed by atoms with E-state index in [2.05, 4.69) is 10.5 Å². The van der Waals surface area contributed by atoms with E-state index in [0.29, 0.717) is 35.3 Å². The fourth-order valence-electron chi connectivity index (χ4n) is 3.22. The maximum absolute atomic E-state index is 13.3.